The molecule has 2 aromatic rings. The number of primary sulfonamides is 1. The number of rotatable bonds is 3. The van der Waals surface area contributed by atoms with Crippen molar-refractivity contribution in [3.63, 3.8) is 0 Å². The number of nitrogens with one attached hydrogen (secondary N) is 1. The number of benzene rings is 2. The maximum atomic E-state index is 11.4. The molecule has 0 unspecified atom stereocenters. The van der Waals surface area contributed by atoms with Crippen LogP contribution >= 0.6 is 27.5 Å². The Bertz CT molecular complexity index is 809. The van der Waals surface area contributed by atoms with Crippen LogP contribution in [0.5, 0.6) is 0 Å². The van der Waals surface area contributed by atoms with Crippen molar-refractivity contribution in [2.45, 2.75) is 11.8 Å². The van der Waals surface area contributed by atoms with Crippen LogP contribution in [-0.4, -0.2) is 8.42 Å². The molecule has 2 rings (SSSR count). The van der Waals surface area contributed by atoms with E-state index in [2.05, 4.69) is 21.2 Å². The van der Waals surface area contributed by atoms with E-state index in [-0.39, 0.29) is 4.90 Å². The summed E-state index contributed by atoms with van der Waals surface area (Å²) in [6, 6.07) is 7.91. The van der Waals surface area contributed by atoms with Crippen molar-refractivity contribution in [1.29, 1.82) is 0 Å². The number of aryl methyl sites for hydroxylation is 1. The lowest BCUT2D eigenvalue weighted by atomic mass is 10.2. The highest BCUT2D eigenvalue weighted by Crippen LogP contribution is 2.32. The van der Waals surface area contributed by atoms with Crippen molar-refractivity contribution in [3.8, 4) is 0 Å². The topological polar surface area (TPSA) is 98.2 Å². The van der Waals surface area contributed by atoms with Crippen LogP contribution in [0.3, 0.4) is 0 Å². The maximum Gasteiger partial charge on any atom is 0.238 e. The lowest BCUT2D eigenvalue weighted by Crippen LogP contribution is -2.12. The number of halogens is 2. The Morgan fingerprint density at radius 2 is 1.86 bits per heavy atom. The second kappa shape index (κ2) is 5.84. The number of anilines is 3. The van der Waals surface area contributed by atoms with Gasteiger partial charge in [-0.3, -0.25) is 0 Å². The fourth-order valence-corrected chi connectivity index (χ4v) is 3.07. The van der Waals surface area contributed by atoms with E-state index in [0.29, 0.717) is 22.1 Å². The van der Waals surface area contributed by atoms with Gasteiger partial charge in [-0.25, -0.2) is 13.6 Å². The van der Waals surface area contributed by atoms with E-state index in [4.69, 9.17) is 22.5 Å². The summed E-state index contributed by atoms with van der Waals surface area (Å²) in [6.07, 6.45) is 0. The molecule has 0 atom stereocenters. The molecule has 5 nitrogen and oxygen atoms in total. The number of nitrogens with two attached hydrogens (primary N) is 2. The Labute approximate surface area is 136 Å². The minimum Gasteiger partial charge on any atom is -0.399 e. The monoisotopic (exact) mass is 389 g/mol. The zero-order valence-electron chi connectivity index (χ0n) is 11.0. The van der Waals surface area contributed by atoms with Crippen molar-refractivity contribution in [3.05, 3.63) is 45.4 Å². The average Bonchev–Trinajstić information content (AvgIpc) is 2.34. The smallest absolute Gasteiger partial charge is 0.238 e. The lowest BCUT2D eigenvalue weighted by Gasteiger charge is -2.12. The van der Waals surface area contributed by atoms with Crippen molar-refractivity contribution in [2.24, 2.45) is 5.14 Å². The van der Waals surface area contributed by atoms with Crippen LogP contribution in [0.2, 0.25) is 5.02 Å². The van der Waals surface area contributed by atoms with E-state index in [1.54, 1.807) is 12.1 Å². The summed E-state index contributed by atoms with van der Waals surface area (Å²) in [7, 11) is -3.82. The SMILES string of the molecule is Cc1cc(Br)c(Nc2cc(N)cc(S(N)(=O)=O)c2)cc1Cl. The molecule has 0 aliphatic carbocycles. The molecule has 0 radical (unpaired) electrons. The van der Waals surface area contributed by atoms with Crippen molar-refractivity contribution in [2.75, 3.05) is 11.1 Å². The summed E-state index contributed by atoms with van der Waals surface area (Å²) in [4.78, 5) is -0.0562. The Kier molecular flexibility index (Phi) is 4.48. The molecular formula is C13H13BrClN3O2S. The number of hydrogen-bond donors (Lipinski definition) is 3. The van der Waals surface area contributed by atoms with Crippen LogP contribution in [0.15, 0.2) is 39.7 Å². The second-order valence-electron chi connectivity index (χ2n) is 4.54. The van der Waals surface area contributed by atoms with Gasteiger partial charge in [0.05, 0.1) is 10.6 Å². The number of hydrogen-bond acceptors (Lipinski definition) is 4. The summed E-state index contributed by atoms with van der Waals surface area (Å²) < 4.78 is 23.6. The first-order chi connectivity index (χ1) is 9.66. The Morgan fingerprint density at radius 3 is 2.48 bits per heavy atom. The number of sulfonamides is 1. The van der Waals surface area contributed by atoms with Crippen LogP contribution in [0, 0.1) is 6.92 Å². The Hall–Kier alpha value is -1.28. The van der Waals surface area contributed by atoms with Crippen molar-refractivity contribution < 1.29 is 8.42 Å². The van der Waals surface area contributed by atoms with Crippen molar-refractivity contribution in [1.82, 2.24) is 0 Å². The molecule has 0 aliphatic rings. The van der Waals surface area contributed by atoms with Gasteiger partial charge in [0.15, 0.2) is 0 Å². The molecule has 0 bridgehead atoms. The van der Waals surface area contributed by atoms with Crippen LogP contribution in [-0.2, 0) is 10.0 Å². The second-order valence-corrected chi connectivity index (χ2v) is 7.36. The van der Waals surface area contributed by atoms with Gasteiger partial charge in [0.2, 0.25) is 10.0 Å². The summed E-state index contributed by atoms with van der Waals surface area (Å²) >= 11 is 9.51. The molecule has 2 aromatic carbocycles. The molecule has 0 aliphatic heterocycles. The van der Waals surface area contributed by atoms with Gasteiger partial charge < -0.3 is 11.1 Å². The minimum absolute atomic E-state index is 0.0562. The maximum absolute atomic E-state index is 11.4. The normalized spacial score (nSPS) is 11.4. The third kappa shape index (κ3) is 3.88. The first-order valence-corrected chi connectivity index (χ1v) is 8.54. The molecule has 112 valence electrons. The van der Waals surface area contributed by atoms with Gasteiger partial charge in [0, 0.05) is 20.9 Å². The van der Waals surface area contributed by atoms with Crippen molar-refractivity contribution >= 4 is 54.6 Å². The zero-order chi connectivity index (χ0) is 15.8. The molecule has 0 saturated heterocycles. The van der Waals surface area contributed by atoms with E-state index in [9.17, 15) is 8.42 Å². The first-order valence-electron chi connectivity index (χ1n) is 5.83. The predicted molar refractivity (Wildman–Crippen MR) is 89.4 cm³/mol. The van der Waals surface area contributed by atoms with E-state index < -0.39 is 10.0 Å². The molecule has 0 saturated carbocycles. The van der Waals surface area contributed by atoms with Gasteiger partial charge in [0.1, 0.15) is 0 Å². The molecule has 0 aromatic heterocycles. The highest BCUT2D eigenvalue weighted by molar-refractivity contribution is 9.10. The average molecular weight is 391 g/mol. The predicted octanol–water partition coefficient (Wildman–Crippen LogP) is 3.38. The zero-order valence-corrected chi connectivity index (χ0v) is 14.2. The molecular weight excluding hydrogens is 378 g/mol. The Morgan fingerprint density at radius 1 is 1.19 bits per heavy atom. The van der Waals surface area contributed by atoms with Gasteiger partial charge in [-0.15, -0.1) is 0 Å². The number of nitrogen functional groups attached to an aromatic ring is 1. The van der Waals surface area contributed by atoms with Crippen LogP contribution < -0.4 is 16.2 Å². The fourth-order valence-electron chi connectivity index (χ4n) is 1.76. The standard InChI is InChI=1S/C13H13BrClN3O2S/c1-7-2-11(14)13(6-12(7)15)18-9-3-8(16)4-10(5-9)21(17,19)20/h2-6,18H,16H2,1H3,(H2,17,19,20). The van der Waals surface area contributed by atoms with E-state index in [1.165, 1.54) is 12.1 Å². The molecule has 8 heteroatoms. The third-order valence-corrected chi connectivity index (χ3v) is 4.74. The third-order valence-electron chi connectivity index (χ3n) is 2.78. The van der Waals surface area contributed by atoms with E-state index in [0.717, 1.165) is 10.0 Å². The minimum atomic E-state index is -3.82. The summed E-state index contributed by atoms with van der Waals surface area (Å²) in [5.41, 5.74) is 8.11. The summed E-state index contributed by atoms with van der Waals surface area (Å²) in [5, 5.41) is 8.78. The van der Waals surface area contributed by atoms with Gasteiger partial charge >= 0.3 is 0 Å². The summed E-state index contributed by atoms with van der Waals surface area (Å²) in [6.45, 7) is 1.89. The van der Waals surface area contributed by atoms with E-state index >= 15 is 0 Å². The molecule has 0 spiro atoms. The van der Waals surface area contributed by atoms with E-state index in [1.807, 2.05) is 13.0 Å². The Balaban J connectivity index is 2.45. The fraction of sp³-hybridized carbons (Fsp3) is 0.0769. The quantitative estimate of drug-likeness (QED) is 0.700. The molecule has 5 N–H and O–H groups in total. The van der Waals surface area contributed by atoms with Gasteiger partial charge in [-0.05, 0) is 58.7 Å². The molecule has 21 heavy (non-hydrogen) atoms. The molecule has 0 amide bonds. The lowest BCUT2D eigenvalue weighted by molar-refractivity contribution is 0.598. The molecule has 0 heterocycles. The first kappa shape index (κ1) is 16.1. The van der Waals surface area contributed by atoms with Gasteiger partial charge in [0.25, 0.3) is 0 Å². The largest absolute Gasteiger partial charge is 0.399 e. The van der Waals surface area contributed by atoms with Crippen LogP contribution in [0.4, 0.5) is 17.1 Å². The highest BCUT2D eigenvalue weighted by Gasteiger charge is 2.11. The molecule has 0 fully saturated rings. The van der Waals surface area contributed by atoms with Gasteiger partial charge in [-0.1, -0.05) is 11.6 Å². The van der Waals surface area contributed by atoms with Gasteiger partial charge in [-0.2, -0.15) is 0 Å². The van der Waals surface area contributed by atoms with Crippen LogP contribution in [0.25, 0.3) is 0 Å². The van der Waals surface area contributed by atoms with Crippen LogP contribution in [0.1, 0.15) is 5.56 Å². The summed E-state index contributed by atoms with van der Waals surface area (Å²) in [5.74, 6) is 0. The highest BCUT2D eigenvalue weighted by atomic mass is 79.9.